The van der Waals surface area contributed by atoms with Gasteiger partial charge in [-0.15, -0.1) is 0 Å². The van der Waals surface area contributed by atoms with Crippen molar-refractivity contribution in [1.82, 2.24) is 15.1 Å². The van der Waals surface area contributed by atoms with Gasteiger partial charge in [-0.25, -0.2) is 4.68 Å². The molecule has 7 nitrogen and oxygen atoms in total. The van der Waals surface area contributed by atoms with Gasteiger partial charge in [-0.05, 0) is 38.3 Å². The van der Waals surface area contributed by atoms with Gasteiger partial charge in [-0.3, -0.25) is 9.59 Å². The molecule has 29 heavy (non-hydrogen) atoms. The second-order valence-electron chi connectivity index (χ2n) is 7.62. The Morgan fingerprint density at radius 1 is 1.17 bits per heavy atom. The Morgan fingerprint density at radius 2 is 1.86 bits per heavy atom. The summed E-state index contributed by atoms with van der Waals surface area (Å²) in [5, 5.41) is 10.7. The fourth-order valence-electron chi connectivity index (χ4n) is 3.76. The first-order valence-electron chi connectivity index (χ1n) is 10.5. The normalized spacial score (nSPS) is 14.7. The first-order chi connectivity index (χ1) is 14.0. The fraction of sp³-hybridized carbons (Fsp3) is 0.500. The summed E-state index contributed by atoms with van der Waals surface area (Å²) in [5.41, 5.74) is 2.47. The first-order valence-corrected chi connectivity index (χ1v) is 10.5. The number of carbonyl (C=O) groups is 2. The van der Waals surface area contributed by atoms with Gasteiger partial charge in [0.1, 0.15) is 5.69 Å². The van der Waals surface area contributed by atoms with E-state index in [1.165, 1.54) is 6.92 Å². The molecule has 0 unspecified atom stereocenters. The summed E-state index contributed by atoms with van der Waals surface area (Å²) < 4.78 is 1.89. The zero-order valence-corrected chi connectivity index (χ0v) is 17.6. The van der Waals surface area contributed by atoms with E-state index in [9.17, 15) is 9.59 Å². The molecule has 3 rings (SSSR count). The van der Waals surface area contributed by atoms with Gasteiger partial charge in [0, 0.05) is 32.5 Å². The number of unbranched alkanes of at least 4 members (excludes halogenated alkanes) is 1. The number of carbonyl (C=O) groups excluding carboxylic acids is 2. The lowest BCUT2D eigenvalue weighted by atomic mass is 9.95. The molecule has 0 bridgehead atoms. The van der Waals surface area contributed by atoms with E-state index < -0.39 is 0 Å². The lowest BCUT2D eigenvalue weighted by Gasteiger charge is -2.33. The number of rotatable bonds is 7. The molecule has 1 fully saturated rings. The van der Waals surface area contributed by atoms with Crippen molar-refractivity contribution in [3.05, 3.63) is 36.0 Å². The zero-order chi connectivity index (χ0) is 20.8. The van der Waals surface area contributed by atoms with Crippen LogP contribution in [0.15, 0.2) is 30.3 Å². The molecule has 2 aromatic rings. The number of aromatic nitrogens is 2. The highest BCUT2D eigenvalue weighted by Gasteiger charge is 2.29. The predicted octanol–water partition coefficient (Wildman–Crippen LogP) is 3.27. The van der Waals surface area contributed by atoms with Gasteiger partial charge in [0.2, 0.25) is 11.8 Å². The van der Waals surface area contributed by atoms with Crippen LogP contribution in [0, 0.1) is 12.8 Å². The molecule has 1 aromatic heterocycles. The molecule has 7 heteroatoms. The largest absolute Gasteiger partial charge is 0.356 e. The number of anilines is 2. The molecule has 1 aliphatic heterocycles. The number of hydrogen-bond acceptors (Lipinski definition) is 4. The van der Waals surface area contributed by atoms with Crippen molar-refractivity contribution in [1.29, 1.82) is 0 Å². The van der Waals surface area contributed by atoms with Gasteiger partial charge in [-0.1, -0.05) is 31.5 Å². The lowest BCUT2D eigenvalue weighted by Crippen LogP contribution is -2.41. The van der Waals surface area contributed by atoms with E-state index in [1.54, 1.807) is 0 Å². The Hall–Kier alpha value is -2.83. The minimum atomic E-state index is -0.118. The summed E-state index contributed by atoms with van der Waals surface area (Å²) >= 11 is 0. The highest BCUT2D eigenvalue weighted by atomic mass is 16.2. The summed E-state index contributed by atoms with van der Waals surface area (Å²) in [7, 11) is 0. The average Bonchev–Trinajstić information content (AvgIpc) is 3.04. The van der Waals surface area contributed by atoms with Crippen molar-refractivity contribution in [2.75, 3.05) is 29.9 Å². The van der Waals surface area contributed by atoms with Gasteiger partial charge in [0.05, 0.1) is 11.4 Å². The summed E-state index contributed by atoms with van der Waals surface area (Å²) in [6.45, 7) is 7.78. The third-order valence-electron chi connectivity index (χ3n) is 5.33. The summed E-state index contributed by atoms with van der Waals surface area (Å²) in [6, 6.07) is 9.92. The molecular weight excluding hydrogens is 366 g/mol. The maximum Gasteiger partial charge on any atom is 0.223 e. The Bertz CT molecular complexity index is 838. The quantitative estimate of drug-likeness (QED) is 0.703. The lowest BCUT2D eigenvalue weighted by molar-refractivity contribution is -0.125. The van der Waals surface area contributed by atoms with Crippen LogP contribution in [0.5, 0.6) is 0 Å². The number of para-hydroxylation sites is 1. The minimum Gasteiger partial charge on any atom is -0.356 e. The molecule has 0 spiro atoms. The van der Waals surface area contributed by atoms with Crippen molar-refractivity contribution in [3.8, 4) is 5.69 Å². The number of hydrogen-bond donors (Lipinski definition) is 2. The minimum absolute atomic E-state index is 0.0431. The summed E-state index contributed by atoms with van der Waals surface area (Å²) in [4.78, 5) is 26.4. The van der Waals surface area contributed by atoms with Crippen LogP contribution in [-0.4, -0.2) is 41.2 Å². The number of piperidine rings is 1. The molecule has 1 aliphatic rings. The molecule has 2 N–H and O–H groups in total. The number of aryl methyl sites for hydroxylation is 1. The molecular formula is C22H31N5O2. The third kappa shape index (κ3) is 4.96. The molecule has 0 saturated carbocycles. The Morgan fingerprint density at radius 3 is 2.48 bits per heavy atom. The van der Waals surface area contributed by atoms with Gasteiger partial charge < -0.3 is 15.5 Å². The van der Waals surface area contributed by atoms with Crippen LogP contribution in [-0.2, 0) is 9.59 Å². The molecule has 1 saturated heterocycles. The molecule has 2 amide bonds. The topological polar surface area (TPSA) is 79.3 Å². The monoisotopic (exact) mass is 397 g/mol. The smallest absolute Gasteiger partial charge is 0.223 e. The van der Waals surface area contributed by atoms with Crippen LogP contribution in [0.2, 0.25) is 0 Å². The van der Waals surface area contributed by atoms with E-state index in [1.807, 2.05) is 41.9 Å². The van der Waals surface area contributed by atoms with Gasteiger partial charge in [0.15, 0.2) is 5.82 Å². The van der Waals surface area contributed by atoms with Gasteiger partial charge in [0.25, 0.3) is 0 Å². The Kier molecular flexibility index (Phi) is 6.90. The second-order valence-corrected chi connectivity index (χ2v) is 7.62. The van der Waals surface area contributed by atoms with E-state index in [0.29, 0.717) is 0 Å². The average molecular weight is 398 g/mol. The van der Waals surface area contributed by atoms with Crippen molar-refractivity contribution >= 4 is 23.3 Å². The van der Waals surface area contributed by atoms with E-state index in [-0.39, 0.29) is 17.7 Å². The Balaban J connectivity index is 1.81. The van der Waals surface area contributed by atoms with Crippen LogP contribution in [0.3, 0.4) is 0 Å². The third-order valence-corrected chi connectivity index (χ3v) is 5.33. The summed E-state index contributed by atoms with van der Waals surface area (Å²) in [5.74, 6) is 0.968. The molecule has 0 radical (unpaired) electrons. The Labute approximate surface area is 172 Å². The van der Waals surface area contributed by atoms with E-state index in [2.05, 4.69) is 22.5 Å². The van der Waals surface area contributed by atoms with Crippen LogP contribution >= 0.6 is 0 Å². The van der Waals surface area contributed by atoms with E-state index in [4.69, 9.17) is 5.10 Å². The molecule has 1 aromatic carbocycles. The molecule has 0 atom stereocenters. The number of nitrogens with zero attached hydrogens (tertiary/aromatic N) is 3. The standard InChI is InChI=1S/C22H31N5O2/c1-4-5-13-23-21(29)18-11-14-26(15-12-18)22-20(24-17(3)28)16(2)25-27(22)19-9-7-6-8-10-19/h6-10,18H,4-5,11-15H2,1-3H3,(H,23,29)(H,24,28). The second kappa shape index (κ2) is 9.58. The summed E-state index contributed by atoms with van der Waals surface area (Å²) in [6.07, 6.45) is 3.67. The van der Waals surface area contributed by atoms with Gasteiger partial charge >= 0.3 is 0 Å². The van der Waals surface area contributed by atoms with Crippen LogP contribution in [0.1, 0.15) is 45.2 Å². The highest BCUT2D eigenvalue weighted by Crippen LogP contribution is 2.34. The molecule has 2 heterocycles. The van der Waals surface area contributed by atoms with Gasteiger partial charge in [-0.2, -0.15) is 5.10 Å². The van der Waals surface area contributed by atoms with Crippen LogP contribution in [0.4, 0.5) is 11.5 Å². The van der Waals surface area contributed by atoms with Crippen molar-refractivity contribution in [3.63, 3.8) is 0 Å². The van der Waals surface area contributed by atoms with Crippen molar-refractivity contribution in [2.45, 2.75) is 46.5 Å². The molecule has 0 aliphatic carbocycles. The van der Waals surface area contributed by atoms with Crippen molar-refractivity contribution in [2.24, 2.45) is 5.92 Å². The first kappa shape index (κ1) is 20.9. The molecule has 156 valence electrons. The van der Waals surface area contributed by atoms with Crippen LogP contribution in [0.25, 0.3) is 5.69 Å². The highest BCUT2D eigenvalue weighted by molar-refractivity contribution is 5.93. The maximum absolute atomic E-state index is 12.4. The number of benzene rings is 1. The van der Waals surface area contributed by atoms with E-state index in [0.717, 1.165) is 68.2 Å². The van der Waals surface area contributed by atoms with Crippen molar-refractivity contribution < 1.29 is 9.59 Å². The maximum atomic E-state index is 12.4. The number of nitrogens with one attached hydrogen (secondary N) is 2. The zero-order valence-electron chi connectivity index (χ0n) is 17.6. The SMILES string of the molecule is CCCCNC(=O)C1CCN(c2c(NC(C)=O)c(C)nn2-c2ccccc2)CC1. The van der Waals surface area contributed by atoms with Crippen LogP contribution < -0.4 is 15.5 Å². The number of amides is 2. The predicted molar refractivity (Wildman–Crippen MR) is 115 cm³/mol. The van der Waals surface area contributed by atoms with E-state index >= 15 is 0 Å². The fourth-order valence-corrected chi connectivity index (χ4v) is 3.76.